The molecule has 0 aromatic rings. The van der Waals surface area contributed by atoms with Crippen LogP contribution in [0.3, 0.4) is 0 Å². The van der Waals surface area contributed by atoms with E-state index in [0.717, 1.165) is 32.7 Å². The van der Waals surface area contributed by atoms with Gasteiger partial charge in [-0.2, -0.15) is 0 Å². The van der Waals surface area contributed by atoms with Gasteiger partial charge in [0.15, 0.2) is 0 Å². The fraction of sp³-hybridized carbons (Fsp3) is 0.833. The summed E-state index contributed by atoms with van der Waals surface area (Å²) >= 11 is 0. The Kier molecular flexibility index (Phi) is 5.70. The summed E-state index contributed by atoms with van der Waals surface area (Å²) in [5.41, 5.74) is 6.04. The summed E-state index contributed by atoms with van der Waals surface area (Å²) in [7, 11) is 0. The normalized spacial score (nSPS) is 24.3. The van der Waals surface area contributed by atoms with Gasteiger partial charge in [-0.25, -0.2) is 0 Å². The van der Waals surface area contributed by atoms with Crippen molar-refractivity contribution in [2.24, 2.45) is 5.73 Å². The molecule has 2 atom stereocenters. The van der Waals surface area contributed by atoms with Crippen LogP contribution in [0.2, 0.25) is 0 Å². The molecule has 15 heavy (non-hydrogen) atoms. The minimum absolute atomic E-state index is 0.0529. The van der Waals surface area contributed by atoms with Crippen LogP contribution in [-0.4, -0.2) is 43.3 Å². The summed E-state index contributed by atoms with van der Waals surface area (Å²) in [4.78, 5) is 2.42. The van der Waals surface area contributed by atoms with Crippen molar-refractivity contribution in [3.63, 3.8) is 0 Å². The summed E-state index contributed by atoms with van der Waals surface area (Å²) in [5.74, 6) is 5.89. The molecule has 0 bridgehead atoms. The molecule has 0 saturated carbocycles. The van der Waals surface area contributed by atoms with Gasteiger partial charge in [0.05, 0.1) is 12.7 Å². The van der Waals surface area contributed by atoms with Gasteiger partial charge in [-0.05, 0) is 19.9 Å². The first-order valence-corrected chi connectivity index (χ1v) is 5.77. The summed E-state index contributed by atoms with van der Waals surface area (Å²) in [6.07, 6.45) is 2.09. The van der Waals surface area contributed by atoms with E-state index in [2.05, 4.69) is 23.7 Å². The molecule has 0 aromatic carbocycles. The molecular weight excluding hydrogens is 188 g/mol. The molecule has 0 aliphatic carbocycles. The van der Waals surface area contributed by atoms with Crippen LogP contribution in [-0.2, 0) is 4.74 Å². The zero-order chi connectivity index (χ0) is 11.1. The molecule has 1 heterocycles. The van der Waals surface area contributed by atoms with Gasteiger partial charge in [0.25, 0.3) is 0 Å². The van der Waals surface area contributed by atoms with Crippen LogP contribution in [0.5, 0.6) is 0 Å². The third kappa shape index (κ3) is 4.21. The molecule has 2 unspecified atom stereocenters. The SMILES string of the molecule is CC#CCC(N)C1CN(CCC)CCO1. The standard InChI is InChI=1S/C12H22N2O/c1-3-5-6-11(13)12-10-14(7-4-2)8-9-15-12/h11-12H,4,6-10,13H2,1-2H3. The Bertz CT molecular complexity index is 230. The molecule has 0 amide bonds. The van der Waals surface area contributed by atoms with Gasteiger partial charge in [-0.1, -0.05) is 6.92 Å². The Morgan fingerprint density at radius 2 is 2.40 bits per heavy atom. The van der Waals surface area contributed by atoms with Crippen molar-refractivity contribution >= 4 is 0 Å². The lowest BCUT2D eigenvalue weighted by molar-refractivity contribution is -0.0394. The number of morpholine rings is 1. The minimum atomic E-state index is 0.0529. The first-order chi connectivity index (χ1) is 7.27. The molecule has 3 heteroatoms. The van der Waals surface area contributed by atoms with Gasteiger partial charge in [-0.15, -0.1) is 11.8 Å². The number of hydrogen-bond acceptors (Lipinski definition) is 3. The van der Waals surface area contributed by atoms with E-state index in [1.165, 1.54) is 6.42 Å². The highest BCUT2D eigenvalue weighted by atomic mass is 16.5. The lowest BCUT2D eigenvalue weighted by atomic mass is 10.1. The second-order valence-corrected chi connectivity index (χ2v) is 4.00. The zero-order valence-electron chi connectivity index (χ0n) is 9.83. The topological polar surface area (TPSA) is 38.5 Å². The van der Waals surface area contributed by atoms with Crippen molar-refractivity contribution in [2.75, 3.05) is 26.2 Å². The smallest absolute Gasteiger partial charge is 0.0862 e. The van der Waals surface area contributed by atoms with Crippen LogP contribution in [0.1, 0.15) is 26.7 Å². The highest BCUT2D eigenvalue weighted by molar-refractivity contribution is 4.99. The Hall–Kier alpha value is -0.560. The summed E-state index contributed by atoms with van der Waals surface area (Å²) in [5, 5.41) is 0. The molecule has 1 saturated heterocycles. The predicted octanol–water partition coefficient (Wildman–Crippen LogP) is 0.838. The van der Waals surface area contributed by atoms with Crippen molar-refractivity contribution in [3.05, 3.63) is 0 Å². The monoisotopic (exact) mass is 210 g/mol. The molecule has 1 rings (SSSR count). The van der Waals surface area contributed by atoms with Crippen LogP contribution in [0.15, 0.2) is 0 Å². The molecular formula is C12H22N2O. The maximum atomic E-state index is 6.04. The van der Waals surface area contributed by atoms with Crippen molar-refractivity contribution in [1.29, 1.82) is 0 Å². The summed E-state index contributed by atoms with van der Waals surface area (Å²) < 4.78 is 5.68. The van der Waals surface area contributed by atoms with Gasteiger partial charge in [0.2, 0.25) is 0 Å². The third-order valence-electron chi connectivity index (χ3n) is 2.71. The molecule has 1 fully saturated rings. The molecule has 86 valence electrons. The lowest BCUT2D eigenvalue weighted by Gasteiger charge is -2.35. The number of ether oxygens (including phenoxy) is 1. The summed E-state index contributed by atoms with van der Waals surface area (Å²) in [6.45, 7) is 7.99. The lowest BCUT2D eigenvalue weighted by Crippen LogP contribution is -2.50. The van der Waals surface area contributed by atoms with Crippen molar-refractivity contribution in [3.8, 4) is 11.8 Å². The van der Waals surface area contributed by atoms with E-state index >= 15 is 0 Å². The quantitative estimate of drug-likeness (QED) is 0.699. The fourth-order valence-corrected chi connectivity index (χ4v) is 1.86. The molecule has 0 aromatic heterocycles. The second-order valence-electron chi connectivity index (χ2n) is 4.00. The minimum Gasteiger partial charge on any atom is -0.374 e. The van der Waals surface area contributed by atoms with E-state index in [1.807, 2.05) is 6.92 Å². The average Bonchev–Trinajstić information content (AvgIpc) is 2.27. The van der Waals surface area contributed by atoms with E-state index in [-0.39, 0.29) is 12.1 Å². The van der Waals surface area contributed by atoms with Gasteiger partial charge < -0.3 is 10.5 Å². The Balaban J connectivity index is 2.36. The Labute approximate surface area is 93.0 Å². The largest absolute Gasteiger partial charge is 0.374 e. The molecule has 0 radical (unpaired) electrons. The Morgan fingerprint density at radius 1 is 1.60 bits per heavy atom. The van der Waals surface area contributed by atoms with Crippen LogP contribution < -0.4 is 5.73 Å². The fourth-order valence-electron chi connectivity index (χ4n) is 1.86. The highest BCUT2D eigenvalue weighted by Crippen LogP contribution is 2.10. The van der Waals surface area contributed by atoms with Gasteiger partial charge in [0.1, 0.15) is 0 Å². The maximum Gasteiger partial charge on any atom is 0.0862 e. The van der Waals surface area contributed by atoms with E-state index < -0.39 is 0 Å². The van der Waals surface area contributed by atoms with Crippen LogP contribution in [0.25, 0.3) is 0 Å². The van der Waals surface area contributed by atoms with E-state index in [0.29, 0.717) is 0 Å². The van der Waals surface area contributed by atoms with Crippen LogP contribution in [0, 0.1) is 11.8 Å². The third-order valence-corrected chi connectivity index (χ3v) is 2.71. The summed E-state index contributed by atoms with van der Waals surface area (Å²) in [6, 6.07) is 0.0529. The average molecular weight is 210 g/mol. The number of hydrogen-bond donors (Lipinski definition) is 1. The highest BCUT2D eigenvalue weighted by Gasteiger charge is 2.24. The molecule has 2 N–H and O–H groups in total. The predicted molar refractivity (Wildman–Crippen MR) is 62.5 cm³/mol. The van der Waals surface area contributed by atoms with E-state index in [4.69, 9.17) is 10.5 Å². The van der Waals surface area contributed by atoms with Crippen LogP contribution in [0.4, 0.5) is 0 Å². The number of nitrogens with zero attached hydrogens (tertiary/aromatic N) is 1. The first-order valence-electron chi connectivity index (χ1n) is 5.77. The van der Waals surface area contributed by atoms with Crippen LogP contribution >= 0.6 is 0 Å². The molecule has 3 nitrogen and oxygen atoms in total. The molecule has 1 aliphatic rings. The zero-order valence-corrected chi connectivity index (χ0v) is 9.83. The van der Waals surface area contributed by atoms with Crippen molar-refractivity contribution in [1.82, 2.24) is 4.90 Å². The second kappa shape index (κ2) is 6.84. The van der Waals surface area contributed by atoms with Crippen molar-refractivity contribution < 1.29 is 4.74 Å². The maximum absolute atomic E-state index is 6.04. The number of nitrogens with two attached hydrogens (primary N) is 1. The van der Waals surface area contributed by atoms with Crippen molar-refractivity contribution in [2.45, 2.75) is 38.8 Å². The number of rotatable bonds is 4. The van der Waals surface area contributed by atoms with E-state index in [9.17, 15) is 0 Å². The molecule has 1 aliphatic heterocycles. The van der Waals surface area contributed by atoms with Gasteiger partial charge in [-0.3, -0.25) is 4.90 Å². The van der Waals surface area contributed by atoms with Gasteiger partial charge >= 0.3 is 0 Å². The van der Waals surface area contributed by atoms with Gasteiger partial charge in [0, 0.05) is 25.6 Å². The molecule has 0 spiro atoms. The van der Waals surface area contributed by atoms with E-state index in [1.54, 1.807) is 0 Å². The Morgan fingerprint density at radius 3 is 3.07 bits per heavy atom. The first kappa shape index (κ1) is 12.5.